The number of hydrogen-bond acceptors (Lipinski definition) is 3. The van der Waals surface area contributed by atoms with Crippen molar-refractivity contribution in [3.63, 3.8) is 0 Å². The van der Waals surface area contributed by atoms with Crippen molar-refractivity contribution in [1.82, 2.24) is 5.32 Å². The van der Waals surface area contributed by atoms with Crippen LogP contribution in [-0.2, 0) is 4.74 Å². The van der Waals surface area contributed by atoms with Gasteiger partial charge in [-0.05, 0) is 45.0 Å². The third kappa shape index (κ3) is 5.89. The minimum Gasteiger partial charge on any atom is -0.378 e. The van der Waals surface area contributed by atoms with Crippen molar-refractivity contribution in [2.75, 3.05) is 18.9 Å². The number of benzene rings is 1. The second-order valence-electron chi connectivity index (χ2n) is 4.62. The fourth-order valence-corrected chi connectivity index (χ4v) is 2.55. The Morgan fingerprint density at radius 1 is 1.28 bits per heavy atom. The molecule has 1 N–H and O–H groups in total. The van der Waals surface area contributed by atoms with E-state index in [1.165, 1.54) is 10.5 Å². The predicted molar refractivity (Wildman–Crippen MR) is 80.3 cm³/mol. The van der Waals surface area contributed by atoms with Gasteiger partial charge in [-0.25, -0.2) is 0 Å². The SMILES string of the molecule is CCNC(C)c1cccc(SCCOC(C)C)c1. The number of rotatable bonds is 8. The lowest BCUT2D eigenvalue weighted by molar-refractivity contribution is 0.0920. The summed E-state index contributed by atoms with van der Waals surface area (Å²) in [4.78, 5) is 1.32. The summed E-state index contributed by atoms with van der Waals surface area (Å²) < 4.78 is 5.55. The summed E-state index contributed by atoms with van der Waals surface area (Å²) in [5, 5.41) is 3.44. The van der Waals surface area contributed by atoms with E-state index >= 15 is 0 Å². The van der Waals surface area contributed by atoms with Crippen LogP contribution in [0.15, 0.2) is 29.2 Å². The van der Waals surface area contributed by atoms with Crippen molar-refractivity contribution in [2.24, 2.45) is 0 Å². The molecule has 1 atom stereocenters. The maximum atomic E-state index is 5.55. The Labute approximate surface area is 116 Å². The molecule has 3 heteroatoms. The van der Waals surface area contributed by atoms with E-state index in [2.05, 4.69) is 57.3 Å². The highest BCUT2D eigenvalue weighted by atomic mass is 32.2. The lowest BCUT2D eigenvalue weighted by atomic mass is 10.1. The van der Waals surface area contributed by atoms with Gasteiger partial charge in [0.1, 0.15) is 0 Å². The van der Waals surface area contributed by atoms with E-state index in [-0.39, 0.29) is 0 Å². The molecule has 0 bridgehead atoms. The molecule has 0 aliphatic rings. The molecule has 0 radical (unpaired) electrons. The predicted octanol–water partition coefficient (Wildman–Crippen LogP) is 3.87. The van der Waals surface area contributed by atoms with Crippen molar-refractivity contribution < 1.29 is 4.74 Å². The summed E-state index contributed by atoms with van der Waals surface area (Å²) in [5.74, 6) is 1.01. The second kappa shape index (κ2) is 8.57. The van der Waals surface area contributed by atoms with E-state index in [1.54, 1.807) is 0 Å². The third-order valence-corrected chi connectivity index (χ3v) is 3.63. The van der Waals surface area contributed by atoms with Gasteiger partial charge >= 0.3 is 0 Å². The molecule has 0 saturated heterocycles. The smallest absolute Gasteiger partial charge is 0.0563 e. The zero-order chi connectivity index (χ0) is 13.4. The second-order valence-corrected chi connectivity index (χ2v) is 5.79. The maximum absolute atomic E-state index is 5.55. The van der Waals surface area contributed by atoms with Crippen molar-refractivity contribution >= 4 is 11.8 Å². The lowest BCUT2D eigenvalue weighted by Crippen LogP contribution is -2.17. The van der Waals surface area contributed by atoms with Crippen LogP contribution >= 0.6 is 11.8 Å². The molecular formula is C15H25NOS. The van der Waals surface area contributed by atoms with E-state index in [9.17, 15) is 0 Å². The Morgan fingerprint density at radius 3 is 2.72 bits per heavy atom. The molecule has 0 fully saturated rings. The quantitative estimate of drug-likeness (QED) is 0.570. The average Bonchev–Trinajstić information content (AvgIpc) is 2.35. The monoisotopic (exact) mass is 267 g/mol. The fraction of sp³-hybridized carbons (Fsp3) is 0.600. The Morgan fingerprint density at radius 2 is 2.06 bits per heavy atom. The van der Waals surface area contributed by atoms with Crippen LogP contribution in [0.1, 0.15) is 39.3 Å². The molecule has 18 heavy (non-hydrogen) atoms. The van der Waals surface area contributed by atoms with E-state index in [0.29, 0.717) is 12.1 Å². The van der Waals surface area contributed by atoms with E-state index < -0.39 is 0 Å². The summed E-state index contributed by atoms with van der Waals surface area (Å²) in [6.07, 6.45) is 0.325. The molecule has 102 valence electrons. The van der Waals surface area contributed by atoms with Crippen molar-refractivity contribution in [3.05, 3.63) is 29.8 Å². The molecule has 1 aromatic rings. The molecule has 0 amide bonds. The van der Waals surface area contributed by atoms with Crippen LogP contribution in [0.4, 0.5) is 0 Å². The Bertz CT molecular complexity index is 341. The fourth-order valence-electron chi connectivity index (χ4n) is 1.74. The molecular weight excluding hydrogens is 242 g/mol. The van der Waals surface area contributed by atoms with Gasteiger partial charge < -0.3 is 10.1 Å². The van der Waals surface area contributed by atoms with Crippen LogP contribution in [0.5, 0.6) is 0 Å². The summed E-state index contributed by atoms with van der Waals surface area (Å²) in [7, 11) is 0. The zero-order valence-electron chi connectivity index (χ0n) is 11.9. The topological polar surface area (TPSA) is 21.3 Å². The normalized spacial score (nSPS) is 12.9. The van der Waals surface area contributed by atoms with Crippen LogP contribution < -0.4 is 5.32 Å². The molecule has 1 rings (SSSR count). The van der Waals surface area contributed by atoms with Gasteiger partial charge in [-0.3, -0.25) is 0 Å². The van der Waals surface area contributed by atoms with E-state index in [1.807, 2.05) is 11.8 Å². The van der Waals surface area contributed by atoms with Gasteiger partial charge in [0, 0.05) is 16.7 Å². The van der Waals surface area contributed by atoms with E-state index in [4.69, 9.17) is 4.74 Å². The largest absolute Gasteiger partial charge is 0.378 e. The molecule has 1 aromatic carbocycles. The van der Waals surface area contributed by atoms with Gasteiger partial charge in [-0.1, -0.05) is 19.1 Å². The van der Waals surface area contributed by atoms with Crippen LogP contribution in [0.3, 0.4) is 0 Å². The Kier molecular flexibility index (Phi) is 7.40. The first-order valence-electron chi connectivity index (χ1n) is 6.71. The lowest BCUT2D eigenvalue weighted by Gasteiger charge is -2.14. The van der Waals surface area contributed by atoms with Crippen molar-refractivity contribution in [2.45, 2.75) is 44.7 Å². The molecule has 0 heterocycles. The van der Waals surface area contributed by atoms with Gasteiger partial charge in [0.15, 0.2) is 0 Å². The van der Waals surface area contributed by atoms with Gasteiger partial charge in [0.2, 0.25) is 0 Å². The van der Waals surface area contributed by atoms with Crippen molar-refractivity contribution in [1.29, 1.82) is 0 Å². The first kappa shape index (κ1) is 15.5. The summed E-state index contributed by atoms with van der Waals surface area (Å²) in [6, 6.07) is 9.18. The number of hydrogen-bond donors (Lipinski definition) is 1. The third-order valence-electron chi connectivity index (χ3n) is 2.67. The molecule has 0 aromatic heterocycles. The maximum Gasteiger partial charge on any atom is 0.0563 e. The molecule has 0 aliphatic heterocycles. The Hall–Kier alpha value is -0.510. The summed E-state index contributed by atoms with van der Waals surface area (Å²) >= 11 is 1.86. The van der Waals surface area contributed by atoms with Crippen LogP contribution in [0.25, 0.3) is 0 Å². The standard InChI is InChI=1S/C15H25NOS/c1-5-16-13(4)14-7-6-8-15(11-14)18-10-9-17-12(2)3/h6-8,11-13,16H,5,9-10H2,1-4H3. The van der Waals surface area contributed by atoms with Gasteiger partial charge in [-0.15, -0.1) is 11.8 Å². The zero-order valence-corrected chi connectivity index (χ0v) is 12.7. The number of ether oxygens (including phenoxy) is 1. The summed E-state index contributed by atoms with van der Waals surface area (Å²) in [5.41, 5.74) is 1.35. The average molecular weight is 267 g/mol. The number of nitrogens with one attached hydrogen (secondary N) is 1. The first-order chi connectivity index (χ1) is 8.63. The molecule has 1 unspecified atom stereocenters. The number of thioether (sulfide) groups is 1. The van der Waals surface area contributed by atoms with Crippen LogP contribution in [0.2, 0.25) is 0 Å². The van der Waals surface area contributed by atoms with Crippen molar-refractivity contribution in [3.8, 4) is 0 Å². The highest BCUT2D eigenvalue weighted by Crippen LogP contribution is 2.22. The minimum absolute atomic E-state index is 0.325. The van der Waals surface area contributed by atoms with Gasteiger partial charge in [0.25, 0.3) is 0 Å². The van der Waals surface area contributed by atoms with Crippen LogP contribution in [0, 0.1) is 0 Å². The molecule has 2 nitrogen and oxygen atoms in total. The molecule has 0 spiro atoms. The highest BCUT2D eigenvalue weighted by Gasteiger charge is 2.04. The summed E-state index contributed by atoms with van der Waals surface area (Å²) in [6.45, 7) is 10.3. The minimum atomic E-state index is 0.325. The van der Waals surface area contributed by atoms with E-state index in [0.717, 1.165) is 18.9 Å². The van der Waals surface area contributed by atoms with Crippen LogP contribution in [-0.4, -0.2) is 25.0 Å². The van der Waals surface area contributed by atoms with Gasteiger partial charge in [0.05, 0.1) is 12.7 Å². The highest BCUT2D eigenvalue weighted by molar-refractivity contribution is 7.99. The molecule has 0 saturated carbocycles. The molecule has 0 aliphatic carbocycles. The first-order valence-corrected chi connectivity index (χ1v) is 7.69. The Balaban J connectivity index is 2.44. The van der Waals surface area contributed by atoms with Gasteiger partial charge in [-0.2, -0.15) is 0 Å².